The van der Waals surface area contributed by atoms with Crippen LogP contribution in [0.25, 0.3) is 0 Å². The van der Waals surface area contributed by atoms with Gasteiger partial charge < -0.3 is 4.90 Å². The Kier molecular flexibility index (Phi) is 5.17. The Labute approximate surface area is 145 Å². The average Bonchev–Trinajstić information content (AvgIpc) is 2.62. The second kappa shape index (κ2) is 7.69. The molecule has 1 aliphatic heterocycles. The van der Waals surface area contributed by atoms with Crippen molar-refractivity contribution in [1.29, 1.82) is 0 Å². The van der Waals surface area contributed by atoms with E-state index in [1.165, 1.54) is 37.6 Å². The van der Waals surface area contributed by atoms with E-state index in [1.54, 1.807) is 12.1 Å². The van der Waals surface area contributed by atoms with Crippen molar-refractivity contribution < 1.29 is 4.92 Å². The third-order valence-electron chi connectivity index (χ3n) is 3.98. The summed E-state index contributed by atoms with van der Waals surface area (Å²) < 4.78 is 0. The topological polar surface area (TPSA) is 96.5 Å². The van der Waals surface area contributed by atoms with Gasteiger partial charge in [-0.2, -0.15) is 5.10 Å². The maximum Gasteiger partial charge on any atom is 0.270 e. The minimum atomic E-state index is -0.427. The molecule has 25 heavy (non-hydrogen) atoms. The third kappa shape index (κ3) is 4.50. The largest absolute Gasteiger partial charge is 0.356 e. The van der Waals surface area contributed by atoms with Crippen LogP contribution in [0.15, 0.2) is 35.4 Å². The van der Waals surface area contributed by atoms with Crippen molar-refractivity contribution in [2.24, 2.45) is 5.10 Å². The van der Waals surface area contributed by atoms with Gasteiger partial charge >= 0.3 is 0 Å². The van der Waals surface area contributed by atoms with E-state index in [0.717, 1.165) is 18.9 Å². The molecule has 0 unspecified atom stereocenters. The number of piperidine rings is 1. The fraction of sp³-hybridized carbons (Fsp3) is 0.353. The maximum absolute atomic E-state index is 10.8. The van der Waals surface area contributed by atoms with E-state index in [-0.39, 0.29) is 5.69 Å². The number of nitrogens with one attached hydrogen (secondary N) is 1. The van der Waals surface area contributed by atoms with E-state index < -0.39 is 4.92 Å². The number of nitro benzene ring substituents is 1. The molecule has 8 nitrogen and oxygen atoms in total. The number of benzene rings is 1. The Bertz CT molecular complexity index is 786. The van der Waals surface area contributed by atoms with E-state index in [9.17, 15) is 10.1 Å². The summed E-state index contributed by atoms with van der Waals surface area (Å²) in [5.41, 5.74) is 3.56. The number of anilines is 2. The first-order valence-electron chi connectivity index (χ1n) is 8.26. The van der Waals surface area contributed by atoms with Crippen LogP contribution < -0.4 is 10.3 Å². The quantitative estimate of drug-likeness (QED) is 0.510. The monoisotopic (exact) mass is 340 g/mol. The van der Waals surface area contributed by atoms with Crippen LogP contribution in [0.3, 0.4) is 0 Å². The molecule has 0 spiro atoms. The highest BCUT2D eigenvalue weighted by atomic mass is 16.6. The van der Waals surface area contributed by atoms with Gasteiger partial charge in [0.2, 0.25) is 0 Å². The molecule has 1 fully saturated rings. The molecule has 1 aliphatic rings. The second-order valence-electron chi connectivity index (χ2n) is 5.93. The molecular weight excluding hydrogens is 320 g/mol. The van der Waals surface area contributed by atoms with Crippen LogP contribution in [0.2, 0.25) is 0 Å². The van der Waals surface area contributed by atoms with Crippen LogP contribution in [-0.4, -0.2) is 34.2 Å². The Morgan fingerprint density at radius 3 is 2.80 bits per heavy atom. The predicted octanol–water partition coefficient (Wildman–Crippen LogP) is 3.13. The number of hydrogen-bond acceptors (Lipinski definition) is 7. The Hall–Kier alpha value is -3.03. The number of aryl methyl sites for hydroxylation is 1. The van der Waals surface area contributed by atoms with Crippen molar-refractivity contribution in [3.8, 4) is 0 Å². The zero-order valence-corrected chi connectivity index (χ0v) is 14.1. The third-order valence-corrected chi connectivity index (χ3v) is 3.98. The highest BCUT2D eigenvalue weighted by molar-refractivity contribution is 5.81. The maximum atomic E-state index is 10.8. The molecule has 0 atom stereocenters. The van der Waals surface area contributed by atoms with Crippen molar-refractivity contribution in [2.45, 2.75) is 26.2 Å². The summed E-state index contributed by atoms with van der Waals surface area (Å²) >= 11 is 0. The second-order valence-corrected chi connectivity index (χ2v) is 5.93. The molecule has 1 saturated heterocycles. The summed E-state index contributed by atoms with van der Waals surface area (Å²) in [6.45, 7) is 3.86. The fourth-order valence-electron chi connectivity index (χ4n) is 2.79. The molecule has 3 rings (SSSR count). The normalized spacial score (nSPS) is 14.7. The van der Waals surface area contributed by atoms with Gasteiger partial charge in [-0.05, 0) is 26.2 Å². The lowest BCUT2D eigenvalue weighted by molar-refractivity contribution is -0.384. The van der Waals surface area contributed by atoms with Crippen LogP contribution in [0, 0.1) is 17.0 Å². The summed E-state index contributed by atoms with van der Waals surface area (Å²) in [6.07, 6.45) is 5.15. The summed E-state index contributed by atoms with van der Waals surface area (Å²) in [7, 11) is 0. The van der Waals surface area contributed by atoms with Crippen molar-refractivity contribution in [2.75, 3.05) is 23.4 Å². The molecule has 8 heteroatoms. The standard InChI is InChI=1S/C17H20N6O2/c1-13-19-16(11-17(20-13)22-8-3-2-4-9-22)21-18-12-14-6-5-7-15(10-14)23(24)25/h5-7,10-12H,2-4,8-9H2,1H3,(H,19,20,21)/b18-12+. The van der Waals surface area contributed by atoms with E-state index in [2.05, 4.69) is 25.4 Å². The Morgan fingerprint density at radius 1 is 1.24 bits per heavy atom. The summed E-state index contributed by atoms with van der Waals surface area (Å²) in [4.78, 5) is 21.5. The highest BCUT2D eigenvalue weighted by Crippen LogP contribution is 2.20. The molecule has 0 saturated carbocycles. The molecule has 0 aliphatic carbocycles. The Balaban J connectivity index is 1.71. The SMILES string of the molecule is Cc1nc(N/N=C/c2cccc([N+](=O)[O-])c2)cc(N2CCCCC2)n1. The summed E-state index contributed by atoms with van der Waals surface area (Å²) in [5.74, 6) is 2.19. The van der Waals surface area contributed by atoms with Gasteiger partial charge in [-0.1, -0.05) is 12.1 Å². The van der Waals surface area contributed by atoms with Crippen molar-refractivity contribution in [1.82, 2.24) is 9.97 Å². The predicted molar refractivity (Wildman–Crippen MR) is 97.1 cm³/mol. The minimum absolute atomic E-state index is 0.0363. The van der Waals surface area contributed by atoms with Gasteiger partial charge in [0.25, 0.3) is 5.69 Å². The summed E-state index contributed by atoms with van der Waals surface area (Å²) in [6, 6.07) is 8.17. The lowest BCUT2D eigenvalue weighted by atomic mass is 10.1. The highest BCUT2D eigenvalue weighted by Gasteiger charge is 2.13. The number of non-ortho nitro benzene ring substituents is 1. The number of nitrogens with zero attached hydrogens (tertiary/aromatic N) is 5. The van der Waals surface area contributed by atoms with Crippen LogP contribution >= 0.6 is 0 Å². The smallest absolute Gasteiger partial charge is 0.270 e. The number of hydrogen-bond donors (Lipinski definition) is 1. The average molecular weight is 340 g/mol. The number of rotatable bonds is 5. The first-order chi connectivity index (χ1) is 12.1. The molecule has 130 valence electrons. The van der Waals surface area contributed by atoms with E-state index in [1.807, 2.05) is 13.0 Å². The molecule has 1 aromatic carbocycles. The molecule has 1 N–H and O–H groups in total. The molecule has 1 aromatic heterocycles. The van der Waals surface area contributed by atoms with E-state index in [0.29, 0.717) is 17.2 Å². The molecule has 2 heterocycles. The van der Waals surface area contributed by atoms with Crippen molar-refractivity contribution >= 4 is 23.5 Å². The molecule has 0 bridgehead atoms. The summed E-state index contributed by atoms with van der Waals surface area (Å²) in [5, 5.41) is 14.9. The van der Waals surface area contributed by atoms with Gasteiger partial charge in [-0.25, -0.2) is 9.97 Å². The van der Waals surface area contributed by atoms with Crippen LogP contribution in [0.5, 0.6) is 0 Å². The van der Waals surface area contributed by atoms with Gasteiger partial charge in [-0.15, -0.1) is 0 Å². The van der Waals surface area contributed by atoms with Crippen LogP contribution in [0.4, 0.5) is 17.3 Å². The van der Waals surface area contributed by atoms with E-state index >= 15 is 0 Å². The number of aromatic nitrogens is 2. The Morgan fingerprint density at radius 2 is 2.04 bits per heavy atom. The zero-order chi connectivity index (χ0) is 17.6. The minimum Gasteiger partial charge on any atom is -0.356 e. The van der Waals surface area contributed by atoms with Gasteiger partial charge in [0.1, 0.15) is 11.6 Å². The van der Waals surface area contributed by atoms with Gasteiger partial charge in [0.05, 0.1) is 11.1 Å². The lowest BCUT2D eigenvalue weighted by Crippen LogP contribution is -2.30. The number of hydrazone groups is 1. The van der Waals surface area contributed by atoms with Gasteiger partial charge in [-0.3, -0.25) is 15.5 Å². The van der Waals surface area contributed by atoms with Gasteiger partial charge in [0.15, 0.2) is 5.82 Å². The van der Waals surface area contributed by atoms with Crippen molar-refractivity contribution in [3.63, 3.8) is 0 Å². The van der Waals surface area contributed by atoms with Crippen LogP contribution in [-0.2, 0) is 0 Å². The molecule has 0 radical (unpaired) electrons. The first-order valence-corrected chi connectivity index (χ1v) is 8.26. The van der Waals surface area contributed by atoms with Gasteiger partial charge in [0, 0.05) is 36.9 Å². The molecule has 0 amide bonds. The molecular formula is C17H20N6O2. The zero-order valence-electron chi connectivity index (χ0n) is 14.1. The van der Waals surface area contributed by atoms with Crippen LogP contribution in [0.1, 0.15) is 30.7 Å². The first kappa shape index (κ1) is 16.8. The van der Waals surface area contributed by atoms with Crippen molar-refractivity contribution in [3.05, 3.63) is 51.8 Å². The lowest BCUT2D eigenvalue weighted by Gasteiger charge is -2.27. The number of nitro groups is 1. The van der Waals surface area contributed by atoms with E-state index in [4.69, 9.17) is 0 Å². The molecule has 2 aromatic rings. The fourth-order valence-corrected chi connectivity index (χ4v) is 2.79.